The summed E-state index contributed by atoms with van der Waals surface area (Å²) in [6, 6.07) is 3.38. The third kappa shape index (κ3) is 3.84. The second-order valence-corrected chi connectivity index (χ2v) is 8.64. The van der Waals surface area contributed by atoms with Crippen LogP contribution in [0.15, 0.2) is 18.2 Å². The highest BCUT2D eigenvalue weighted by molar-refractivity contribution is 6.06. The van der Waals surface area contributed by atoms with Crippen molar-refractivity contribution in [2.45, 2.75) is 44.9 Å². The van der Waals surface area contributed by atoms with E-state index in [9.17, 15) is 32.3 Å². The Bertz CT molecular complexity index is 970. The minimum absolute atomic E-state index is 0.0514. The number of hydrogen-bond acceptors (Lipinski definition) is 5. The van der Waals surface area contributed by atoms with Crippen molar-refractivity contribution in [1.82, 2.24) is 10.2 Å². The maximum atomic E-state index is 13.6. The highest BCUT2D eigenvalue weighted by Crippen LogP contribution is 2.47. The lowest BCUT2D eigenvalue weighted by molar-refractivity contribution is -0.251. The first-order valence-corrected chi connectivity index (χ1v) is 9.95. The van der Waals surface area contributed by atoms with Gasteiger partial charge in [-0.2, -0.15) is 13.2 Å². The SMILES string of the molecule is CC1([C@@H](CC(=O)c2ccc3c(c2)CN(C2CCC(=O)NC2=O)C3=O)C(F)(F)F)COC1. The van der Waals surface area contributed by atoms with Gasteiger partial charge in [0.15, 0.2) is 5.78 Å². The van der Waals surface area contributed by atoms with Crippen LogP contribution in [0.4, 0.5) is 13.2 Å². The molecule has 2 saturated heterocycles. The molecule has 2 fully saturated rings. The van der Waals surface area contributed by atoms with Gasteiger partial charge in [0.25, 0.3) is 5.91 Å². The van der Waals surface area contributed by atoms with Crippen molar-refractivity contribution in [2.24, 2.45) is 11.3 Å². The zero-order valence-electron chi connectivity index (χ0n) is 16.8. The van der Waals surface area contributed by atoms with E-state index in [1.165, 1.54) is 30.0 Å². The van der Waals surface area contributed by atoms with Crippen LogP contribution >= 0.6 is 0 Å². The fourth-order valence-electron chi connectivity index (χ4n) is 4.43. The Hall–Kier alpha value is -2.75. The van der Waals surface area contributed by atoms with Crippen LogP contribution in [-0.4, -0.2) is 53.8 Å². The number of alkyl halides is 3. The van der Waals surface area contributed by atoms with Gasteiger partial charge in [-0.1, -0.05) is 13.0 Å². The number of nitrogens with one attached hydrogen (secondary N) is 1. The van der Waals surface area contributed by atoms with E-state index >= 15 is 0 Å². The number of ketones is 1. The Morgan fingerprint density at radius 3 is 2.58 bits per heavy atom. The maximum Gasteiger partial charge on any atom is 0.392 e. The average molecular weight is 438 g/mol. The molecule has 7 nitrogen and oxygen atoms in total. The number of ether oxygens (including phenoxy) is 1. The summed E-state index contributed by atoms with van der Waals surface area (Å²) >= 11 is 0. The minimum Gasteiger partial charge on any atom is -0.380 e. The van der Waals surface area contributed by atoms with Crippen LogP contribution in [0, 0.1) is 11.3 Å². The van der Waals surface area contributed by atoms with Crippen molar-refractivity contribution in [3.05, 3.63) is 34.9 Å². The summed E-state index contributed by atoms with van der Waals surface area (Å²) in [4.78, 5) is 50.2. The summed E-state index contributed by atoms with van der Waals surface area (Å²) in [6.07, 6.45) is -4.93. The van der Waals surface area contributed by atoms with Crippen LogP contribution in [0.3, 0.4) is 0 Å². The first-order chi connectivity index (χ1) is 14.5. The Labute approximate surface area is 175 Å². The molecule has 166 valence electrons. The largest absolute Gasteiger partial charge is 0.392 e. The van der Waals surface area contributed by atoms with E-state index in [1.54, 1.807) is 0 Å². The molecule has 0 bridgehead atoms. The monoisotopic (exact) mass is 438 g/mol. The van der Waals surface area contributed by atoms with Crippen molar-refractivity contribution in [2.75, 3.05) is 13.2 Å². The summed E-state index contributed by atoms with van der Waals surface area (Å²) in [7, 11) is 0. The lowest BCUT2D eigenvalue weighted by Gasteiger charge is -2.44. The summed E-state index contributed by atoms with van der Waals surface area (Å²) in [5.41, 5.74) is -0.270. The average Bonchev–Trinajstić information content (AvgIpc) is 2.99. The van der Waals surface area contributed by atoms with Gasteiger partial charge in [0.1, 0.15) is 6.04 Å². The number of piperidine rings is 1. The van der Waals surface area contributed by atoms with E-state index < -0.39 is 53.5 Å². The van der Waals surface area contributed by atoms with Crippen molar-refractivity contribution in [3.8, 4) is 0 Å². The normalized spacial score (nSPS) is 23.8. The molecule has 1 unspecified atom stereocenters. The summed E-state index contributed by atoms with van der Waals surface area (Å²) in [6.45, 7) is 1.41. The highest BCUT2D eigenvalue weighted by atomic mass is 19.4. The van der Waals surface area contributed by atoms with Gasteiger partial charge in [-0.3, -0.25) is 24.5 Å². The molecule has 1 N–H and O–H groups in total. The molecule has 1 aromatic rings. The van der Waals surface area contributed by atoms with E-state index in [2.05, 4.69) is 5.32 Å². The minimum atomic E-state index is -4.54. The molecule has 3 aliphatic heterocycles. The van der Waals surface area contributed by atoms with Gasteiger partial charge in [-0.25, -0.2) is 0 Å². The summed E-state index contributed by atoms with van der Waals surface area (Å²) < 4.78 is 45.7. The lowest BCUT2D eigenvalue weighted by Crippen LogP contribution is -2.52. The molecule has 0 spiro atoms. The van der Waals surface area contributed by atoms with Crippen LogP contribution in [0.1, 0.15) is 52.5 Å². The van der Waals surface area contributed by atoms with Crippen molar-refractivity contribution in [1.29, 1.82) is 0 Å². The number of amides is 3. The maximum absolute atomic E-state index is 13.6. The number of imide groups is 1. The number of Topliss-reactive ketones (excluding diaryl/α,β-unsaturated/α-hetero) is 1. The standard InChI is InChI=1S/C21H21F3N2O5/c1-20(9-31-10-20)16(21(22,23)24)7-15(27)11-2-3-13-12(6-11)8-26(19(13)30)14-4-5-17(28)25-18(14)29/h2-3,6,14,16H,4-5,7-10H2,1H3,(H,25,28,29)/t14?,16-/m1/s1. The molecule has 10 heteroatoms. The zero-order valence-corrected chi connectivity index (χ0v) is 16.8. The predicted molar refractivity (Wildman–Crippen MR) is 99.9 cm³/mol. The molecule has 2 atom stereocenters. The van der Waals surface area contributed by atoms with Gasteiger partial charge in [0.05, 0.1) is 19.1 Å². The molecule has 0 saturated carbocycles. The summed E-state index contributed by atoms with van der Waals surface area (Å²) in [5, 5.41) is 2.20. The van der Waals surface area contributed by atoms with Crippen molar-refractivity contribution < 1.29 is 37.1 Å². The van der Waals surface area contributed by atoms with Crippen LogP contribution in [0.2, 0.25) is 0 Å². The molecular weight excluding hydrogens is 417 g/mol. The van der Waals surface area contributed by atoms with E-state index in [0.29, 0.717) is 11.1 Å². The van der Waals surface area contributed by atoms with E-state index in [-0.39, 0.29) is 38.2 Å². The fraction of sp³-hybridized carbons (Fsp3) is 0.524. The molecule has 0 aromatic heterocycles. The van der Waals surface area contributed by atoms with Crippen molar-refractivity contribution in [3.63, 3.8) is 0 Å². The Kier molecular flexibility index (Phi) is 5.15. The number of halogens is 3. The van der Waals surface area contributed by atoms with Crippen LogP contribution in [-0.2, 0) is 20.9 Å². The second-order valence-electron chi connectivity index (χ2n) is 8.64. The van der Waals surface area contributed by atoms with Gasteiger partial charge in [0.2, 0.25) is 11.8 Å². The first-order valence-electron chi connectivity index (χ1n) is 9.95. The lowest BCUT2D eigenvalue weighted by atomic mass is 9.72. The van der Waals surface area contributed by atoms with Crippen molar-refractivity contribution >= 4 is 23.5 Å². The third-order valence-corrected chi connectivity index (χ3v) is 6.33. The molecule has 3 aliphatic rings. The van der Waals surface area contributed by atoms with Crippen LogP contribution in [0.5, 0.6) is 0 Å². The first kappa shape index (κ1) is 21.5. The van der Waals surface area contributed by atoms with Crippen LogP contribution < -0.4 is 5.32 Å². The number of benzene rings is 1. The molecule has 3 amide bonds. The van der Waals surface area contributed by atoms with Gasteiger partial charge in [0, 0.05) is 35.9 Å². The molecule has 0 radical (unpaired) electrons. The second kappa shape index (κ2) is 7.44. The number of rotatable bonds is 5. The smallest absolute Gasteiger partial charge is 0.380 e. The van der Waals surface area contributed by atoms with Gasteiger partial charge in [-0.15, -0.1) is 0 Å². The predicted octanol–water partition coefficient (Wildman–Crippen LogP) is 2.24. The number of carbonyl (C=O) groups is 4. The Morgan fingerprint density at radius 1 is 1.29 bits per heavy atom. The Balaban J connectivity index is 1.52. The highest BCUT2D eigenvalue weighted by Gasteiger charge is 2.55. The van der Waals surface area contributed by atoms with Gasteiger partial charge in [-0.05, 0) is 24.1 Å². The van der Waals surface area contributed by atoms with E-state index in [1.807, 2.05) is 0 Å². The fourth-order valence-corrected chi connectivity index (χ4v) is 4.43. The number of nitrogens with zero attached hydrogens (tertiary/aromatic N) is 1. The number of carbonyl (C=O) groups excluding carboxylic acids is 4. The van der Waals surface area contributed by atoms with E-state index in [0.717, 1.165) is 0 Å². The third-order valence-electron chi connectivity index (χ3n) is 6.33. The molecule has 31 heavy (non-hydrogen) atoms. The molecule has 4 rings (SSSR count). The van der Waals surface area contributed by atoms with Gasteiger partial charge >= 0.3 is 6.18 Å². The quantitative estimate of drug-likeness (QED) is 0.562. The topological polar surface area (TPSA) is 92.8 Å². The summed E-state index contributed by atoms with van der Waals surface area (Å²) in [5.74, 6) is -3.85. The Morgan fingerprint density at radius 2 is 2.00 bits per heavy atom. The molecule has 3 heterocycles. The number of hydrogen-bond donors (Lipinski definition) is 1. The van der Waals surface area contributed by atoms with Gasteiger partial charge < -0.3 is 9.64 Å². The van der Waals surface area contributed by atoms with Crippen LogP contribution in [0.25, 0.3) is 0 Å². The molecule has 1 aromatic carbocycles. The molecule has 0 aliphatic carbocycles. The molecular formula is C21H21F3N2O5. The van der Waals surface area contributed by atoms with E-state index in [4.69, 9.17) is 4.74 Å². The number of fused-ring (bicyclic) bond motifs is 1. The zero-order chi connectivity index (χ0) is 22.6.